The van der Waals surface area contributed by atoms with Gasteiger partial charge in [0.15, 0.2) is 5.78 Å². The van der Waals surface area contributed by atoms with Gasteiger partial charge in [0.2, 0.25) is 0 Å². The van der Waals surface area contributed by atoms with Crippen molar-refractivity contribution in [2.75, 3.05) is 0 Å². The molecular formula is C18H12N2O. The van der Waals surface area contributed by atoms with E-state index in [1.807, 2.05) is 24.3 Å². The van der Waals surface area contributed by atoms with Gasteiger partial charge >= 0.3 is 0 Å². The second-order valence-electron chi connectivity index (χ2n) is 4.87. The molecule has 2 aromatic rings. The lowest BCUT2D eigenvalue weighted by molar-refractivity contribution is 0.0971. The zero-order chi connectivity index (χ0) is 14.7. The lowest BCUT2D eigenvalue weighted by Gasteiger charge is -2.12. The molecule has 0 bridgehead atoms. The Morgan fingerprint density at radius 1 is 1.00 bits per heavy atom. The van der Waals surface area contributed by atoms with Crippen molar-refractivity contribution in [3.8, 4) is 17.9 Å². The number of benzene rings is 1. The molecule has 0 aliphatic heterocycles. The fraction of sp³-hybridized carbons (Fsp3) is 0.167. The number of nitriles is 1. The lowest BCUT2D eigenvalue weighted by Crippen LogP contribution is -2.12. The number of rotatable bonds is 0. The number of Topliss-reactive ketones (excluding diaryl/α,β-unsaturated/α-hetero) is 1. The zero-order valence-electron chi connectivity index (χ0n) is 11.4. The number of fused-ring (bicyclic) bond motifs is 1. The largest absolute Gasteiger partial charge is 0.294 e. The molecule has 0 N–H and O–H groups in total. The summed E-state index contributed by atoms with van der Waals surface area (Å²) in [7, 11) is 0. The van der Waals surface area contributed by atoms with Gasteiger partial charge in [-0.05, 0) is 43.0 Å². The highest BCUT2D eigenvalue weighted by Crippen LogP contribution is 2.19. The van der Waals surface area contributed by atoms with Crippen molar-refractivity contribution < 1.29 is 4.79 Å². The van der Waals surface area contributed by atoms with Crippen LogP contribution >= 0.6 is 0 Å². The quantitative estimate of drug-likeness (QED) is 0.693. The average Bonchev–Trinajstić information content (AvgIpc) is 2.53. The average molecular weight is 272 g/mol. The summed E-state index contributed by atoms with van der Waals surface area (Å²) in [6.07, 6.45) is 2.29. The van der Waals surface area contributed by atoms with E-state index in [9.17, 15) is 4.79 Å². The Bertz CT molecular complexity index is 819. The molecule has 1 aromatic carbocycles. The molecule has 3 nitrogen and oxygen atoms in total. The minimum absolute atomic E-state index is 0.165. The fourth-order valence-corrected chi connectivity index (χ4v) is 2.39. The van der Waals surface area contributed by atoms with Crippen LogP contribution in [0.25, 0.3) is 0 Å². The van der Waals surface area contributed by atoms with Crippen molar-refractivity contribution in [1.29, 1.82) is 5.26 Å². The van der Waals surface area contributed by atoms with Crippen LogP contribution in [-0.2, 0) is 6.42 Å². The lowest BCUT2D eigenvalue weighted by atomic mass is 9.94. The highest BCUT2D eigenvalue weighted by atomic mass is 16.1. The number of nitrogens with zero attached hydrogens (tertiary/aromatic N) is 2. The van der Waals surface area contributed by atoms with Crippen molar-refractivity contribution in [2.24, 2.45) is 0 Å². The molecule has 1 heterocycles. The zero-order valence-corrected chi connectivity index (χ0v) is 11.4. The first-order valence-corrected chi connectivity index (χ1v) is 6.82. The van der Waals surface area contributed by atoms with Gasteiger partial charge in [0.25, 0.3) is 0 Å². The maximum atomic E-state index is 11.7. The summed E-state index contributed by atoms with van der Waals surface area (Å²) in [6, 6.07) is 12.9. The van der Waals surface area contributed by atoms with Gasteiger partial charge in [-0.15, -0.1) is 0 Å². The first kappa shape index (κ1) is 13.1. The van der Waals surface area contributed by atoms with Crippen molar-refractivity contribution in [1.82, 2.24) is 4.98 Å². The van der Waals surface area contributed by atoms with Gasteiger partial charge in [-0.25, -0.2) is 4.98 Å². The second kappa shape index (κ2) is 5.61. The van der Waals surface area contributed by atoms with E-state index in [0.29, 0.717) is 23.2 Å². The number of pyridine rings is 1. The summed E-state index contributed by atoms with van der Waals surface area (Å²) < 4.78 is 0. The Labute approximate surface area is 123 Å². The van der Waals surface area contributed by atoms with Crippen LogP contribution in [0.3, 0.4) is 0 Å². The molecule has 0 fully saturated rings. The minimum Gasteiger partial charge on any atom is -0.294 e. The number of hydrogen-bond donors (Lipinski definition) is 0. The third kappa shape index (κ3) is 2.68. The van der Waals surface area contributed by atoms with E-state index in [4.69, 9.17) is 5.26 Å². The SMILES string of the molecule is N#Cc1ccccc1C#Cc1ccc2c(n1)CCCC2=O. The summed E-state index contributed by atoms with van der Waals surface area (Å²) in [6.45, 7) is 0. The van der Waals surface area contributed by atoms with Gasteiger partial charge in [-0.2, -0.15) is 5.26 Å². The minimum atomic E-state index is 0.165. The molecule has 3 rings (SSSR count). The predicted molar refractivity (Wildman–Crippen MR) is 78.6 cm³/mol. The van der Waals surface area contributed by atoms with Gasteiger partial charge in [0.1, 0.15) is 11.8 Å². The van der Waals surface area contributed by atoms with E-state index in [1.165, 1.54) is 0 Å². The van der Waals surface area contributed by atoms with Gasteiger partial charge in [0, 0.05) is 17.5 Å². The molecule has 1 aliphatic carbocycles. The Hall–Kier alpha value is -2.91. The standard InChI is InChI=1S/C18H12N2O/c19-12-14-5-2-1-4-13(14)8-9-15-10-11-16-17(20-15)6-3-7-18(16)21/h1-2,4-5,10-11H,3,6-7H2. The normalized spacial score (nSPS) is 12.8. The van der Waals surface area contributed by atoms with Crippen LogP contribution in [0.2, 0.25) is 0 Å². The smallest absolute Gasteiger partial charge is 0.164 e. The van der Waals surface area contributed by atoms with Crippen LogP contribution < -0.4 is 0 Å². The van der Waals surface area contributed by atoms with Crippen molar-refractivity contribution in [3.05, 3.63) is 64.5 Å². The van der Waals surface area contributed by atoms with E-state index in [1.54, 1.807) is 12.1 Å². The number of carbonyl (C=O) groups excluding carboxylic acids is 1. The summed E-state index contributed by atoms with van der Waals surface area (Å²) in [5, 5.41) is 9.03. The molecule has 100 valence electrons. The van der Waals surface area contributed by atoms with Crippen molar-refractivity contribution >= 4 is 5.78 Å². The Morgan fingerprint density at radius 3 is 2.62 bits per heavy atom. The van der Waals surface area contributed by atoms with E-state index in [-0.39, 0.29) is 5.78 Å². The van der Waals surface area contributed by atoms with E-state index in [2.05, 4.69) is 22.9 Å². The molecule has 3 heteroatoms. The van der Waals surface area contributed by atoms with Gasteiger partial charge in [0.05, 0.1) is 11.3 Å². The molecule has 0 spiro atoms. The fourth-order valence-electron chi connectivity index (χ4n) is 2.39. The van der Waals surface area contributed by atoms with E-state index < -0.39 is 0 Å². The molecule has 1 aliphatic rings. The maximum Gasteiger partial charge on any atom is 0.164 e. The molecule has 0 saturated carbocycles. The summed E-state index contributed by atoms with van der Waals surface area (Å²) in [4.78, 5) is 16.2. The molecule has 0 unspecified atom stereocenters. The Balaban J connectivity index is 1.95. The number of aryl methyl sites for hydroxylation is 1. The molecular weight excluding hydrogens is 260 g/mol. The Morgan fingerprint density at radius 2 is 1.81 bits per heavy atom. The first-order chi connectivity index (χ1) is 10.3. The van der Waals surface area contributed by atoms with Crippen LogP contribution in [0.4, 0.5) is 0 Å². The first-order valence-electron chi connectivity index (χ1n) is 6.82. The van der Waals surface area contributed by atoms with Crippen LogP contribution in [-0.4, -0.2) is 10.8 Å². The highest BCUT2D eigenvalue weighted by molar-refractivity contribution is 5.98. The molecule has 21 heavy (non-hydrogen) atoms. The number of aromatic nitrogens is 1. The van der Waals surface area contributed by atoms with Gasteiger partial charge in [-0.3, -0.25) is 4.79 Å². The van der Waals surface area contributed by atoms with Crippen LogP contribution in [0, 0.1) is 23.2 Å². The van der Waals surface area contributed by atoms with Crippen molar-refractivity contribution in [3.63, 3.8) is 0 Å². The number of hydrogen-bond acceptors (Lipinski definition) is 3. The van der Waals surface area contributed by atoms with E-state index in [0.717, 1.165) is 24.1 Å². The van der Waals surface area contributed by atoms with Crippen LogP contribution in [0.15, 0.2) is 36.4 Å². The van der Waals surface area contributed by atoms with Crippen molar-refractivity contribution in [2.45, 2.75) is 19.3 Å². The van der Waals surface area contributed by atoms with Crippen LogP contribution in [0.1, 0.15) is 45.7 Å². The summed E-state index contributed by atoms with van der Waals surface area (Å²) >= 11 is 0. The highest BCUT2D eigenvalue weighted by Gasteiger charge is 2.17. The van der Waals surface area contributed by atoms with Gasteiger partial charge < -0.3 is 0 Å². The Kier molecular flexibility index (Phi) is 3.50. The summed E-state index contributed by atoms with van der Waals surface area (Å²) in [5.41, 5.74) is 3.45. The molecule has 0 radical (unpaired) electrons. The molecule has 0 saturated heterocycles. The molecule has 0 atom stereocenters. The maximum absolute atomic E-state index is 11.7. The predicted octanol–water partition coefficient (Wildman–Crippen LogP) is 2.87. The third-order valence-corrected chi connectivity index (χ3v) is 3.46. The molecule has 0 amide bonds. The topological polar surface area (TPSA) is 53.8 Å². The summed E-state index contributed by atoms with van der Waals surface area (Å²) in [5.74, 6) is 6.12. The number of carbonyl (C=O) groups is 1. The number of ketones is 1. The molecule has 1 aromatic heterocycles. The van der Waals surface area contributed by atoms with E-state index >= 15 is 0 Å². The van der Waals surface area contributed by atoms with Crippen LogP contribution in [0.5, 0.6) is 0 Å². The van der Waals surface area contributed by atoms with Gasteiger partial charge in [-0.1, -0.05) is 18.1 Å². The third-order valence-electron chi connectivity index (χ3n) is 3.46. The second-order valence-corrected chi connectivity index (χ2v) is 4.87. The monoisotopic (exact) mass is 272 g/mol.